The molecule has 0 spiro atoms. The largest absolute Gasteiger partial charge is 0.271 e. The molecule has 0 aromatic carbocycles. The van der Waals surface area contributed by atoms with E-state index in [4.69, 9.17) is 11.8 Å². The molecule has 1 unspecified atom stereocenters. The summed E-state index contributed by atoms with van der Waals surface area (Å²) in [6.45, 7) is 9.62. The van der Waals surface area contributed by atoms with Crippen molar-refractivity contribution in [1.29, 1.82) is 0 Å². The third kappa shape index (κ3) is 2.27. The number of hydrogen-bond donors (Lipinski definition) is 0. The monoisotopic (exact) mass is 203 g/mol. The van der Waals surface area contributed by atoms with E-state index < -0.39 is 0 Å². The Hall–Kier alpha value is -0.440. The molecule has 0 saturated heterocycles. The third-order valence-electron chi connectivity index (χ3n) is 2.05. The fraction of sp³-hybridized carbons (Fsp3) is 0.889. The highest BCUT2D eigenvalue weighted by atomic mass is 35.5. The van der Waals surface area contributed by atoms with Crippen molar-refractivity contribution in [3.63, 3.8) is 0 Å². The van der Waals surface area contributed by atoms with Gasteiger partial charge in [0, 0.05) is 23.7 Å². The van der Waals surface area contributed by atoms with E-state index in [0.717, 1.165) is 13.0 Å². The summed E-state index contributed by atoms with van der Waals surface area (Å²) in [7, 11) is 0. The number of nitrogens with zero attached hydrogens (tertiary/aromatic N) is 3. The molecule has 1 rings (SSSR count). The van der Waals surface area contributed by atoms with E-state index in [1.807, 2.05) is 5.01 Å². The zero-order chi connectivity index (χ0) is 10.1. The average Bonchev–Trinajstić information content (AvgIpc) is 2.31. The predicted octanol–water partition coefficient (Wildman–Crippen LogP) is 2.48. The van der Waals surface area contributed by atoms with Crippen LogP contribution >= 0.6 is 11.8 Å². The molecule has 1 aliphatic heterocycles. The van der Waals surface area contributed by atoms with Crippen LogP contribution < -0.4 is 0 Å². The fourth-order valence-corrected chi connectivity index (χ4v) is 2.03. The van der Waals surface area contributed by atoms with Crippen LogP contribution in [0.2, 0.25) is 0 Å². The molecule has 13 heavy (non-hydrogen) atoms. The zero-order valence-corrected chi connectivity index (χ0v) is 9.54. The van der Waals surface area contributed by atoms with Crippen LogP contribution in [0.25, 0.3) is 0 Å². The van der Waals surface area contributed by atoms with Gasteiger partial charge >= 0.3 is 0 Å². The van der Waals surface area contributed by atoms with Gasteiger partial charge in [0.1, 0.15) is 12.5 Å². The van der Waals surface area contributed by atoms with Crippen LogP contribution in [0.15, 0.2) is 5.10 Å². The molecule has 4 heteroatoms. The van der Waals surface area contributed by atoms with E-state index in [1.165, 1.54) is 0 Å². The minimum Gasteiger partial charge on any atom is -0.271 e. The second kappa shape index (κ2) is 3.74. The molecule has 0 saturated carbocycles. The molecule has 0 N–H and O–H groups in total. The van der Waals surface area contributed by atoms with Crippen LogP contribution in [0.1, 0.15) is 34.1 Å². The van der Waals surface area contributed by atoms with Gasteiger partial charge in [-0.1, -0.05) is 27.7 Å². The minimum atomic E-state index is 0.118. The van der Waals surface area contributed by atoms with E-state index in [9.17, 15) is 0 Å². The number of hydrazone groups is 1. The lowest BCUT2D eigenvalue weighted by atomic mass is 9.92. The van der Waals surface area contributed by atoms with Gasteiger partial charge in [0.15, 0.2) is 0 Å². The molecule has 0 aliphatic carbocycles. The first-order valence-electron chi connectivity index (χ1n) is 4.71. The Labute approximate surface area is 85.5 Å². The summed E-state index contributed by atoms with van der Waals surface area (Å²) < 4.78 is 1.66. The number of halogens is 1. The first-order chi connectivity index (χ1) is 5.96. The van der Waals surface area contributed by atoms with Gasteiger partial charge in [0.25, 0.3) is 0 Å². The van der Waals surface area contributed by atoms with Crippen LogP contribution in [0.5, 0.6) is 0 Å². The van der Waals surface area contributed by atoms with E-state index in [1.54, 1.807) is 10.8 Å². The van der Waals surface area contributed by atoms with E-state index >= 15 is 0 Å². The molecule has 3 nitrogen and oxygen atoms in total. The molecule has 0 bridgehead atoms. The standard InChI is InChI=1S/C9H18ClN3/c1-5-6-13-8(9(2,3)4)12(10)7-11-13/h7-8H,5-6H2,1-4H3. The Morgan fingerprint density at radius 2 is 2.08 bits per heavy atom. The van der Waals surface area contributed by atoms with Crippen LogP contribution in [0.3, 0.4) is 0 Å². The first-order valence-corrected chi connectivity index (χ1v) is 5.05. The zero-order valence-electron chi connectivity index (χ0n) is 8.79. The topological polar surface area (TPSA) is 18.8 Å². The lowest BCUT2D eigenvalue weighted by molar-refractivity contribution is 0.0718. The van der Waals surface area contributed by atoms with Gasteiger partial charge in [-0.15, -0.1) is 0 Å². The van der Waals surface area contributed by atoms with Crippen molar-refractivity contribution in [2.75, 3.05) is 6.54 Å². The van der Waals surface area contributed by atoms with Crippen molar-refractivity contribution in [2.45, 2.75) is 40.3 Å². The maximum atomic E-state index is 6.04. The van der Waals surface area contributed by atoms with E-state index in [-0.39, 0.29) is 11.6 Å². The van der Waals surface area contributed by atoms with E-state index in [2.05, 4.69) is 32.8 Å². The lowest BCUT2D eigenvalue weighted by Gasteiger charge is -2.36. The summed E-state index contributed by atoms with van der Waals surface area (Å²) in [5.74, 6) is 0. The van der Waals surface area contributed by atoms with Crippen LogP contribution in [-0.4, -0.2) is 28.5 Å². The molecule has 1 atom stereocenters. The van der Waals surface area contributed by atoms with Crippen LogP contribution in [-0.2, 0) is 0 Å². The van der Waals surface area contributed by atoms with Gasteiger partial charge in [0.05, 0.1) is 0 Å². The molecule has 0 aromatic heterocycles. The summed E-state index contributed by atoms with van der Waals surface area (Å²) in [5, 5.41) is 6.31. The Kier molecular flexibility index (Phi) is 3.06. The molecule has 0 aromatic rings. The SMILES string of the molecule is CCCN1N=CN(Cl)C1C(C)(C)C. The maximum absolute atomic E-state index is 6.04. The molecule has 76 valence electrons. The lowest BCUT2D eigenvalue weighted by Crippen LogP contribution is -2.45. The molecular formula is C9H18ClN3. The van der Waals surface area contributed by atoms with Crippen molar-refractivity contribution < 1.29 is 0 Å². The average molecular weight is 204 g/mol. The highest BCUT2D eigenvalue weighted by Gasteiger charge is 2.36. The van der Waals surface area contributed by atoms with Gasteiger partial charge in [-0.2, -0.15) is 5.10 Å². The summed E-state index contributed by atoms with van der Waals surface area (Å²) in [5.41, 5.74) is 0.118. The summed E-state index contributed by atoms with van der Waals surface area (Å²) >= 11 is 6.04. The Morgan fingerprint density at radius 1 is 1.46 bits per heavy atom. The Balaban J connectivity index is 2.70. The van der Waals surface area contributed by atoms with Crippen molar-refractivity contribution in [3.8, 4) is 0 Å². The van der Waals surface area contributed by atoms with Crippen molar-refractivity contribution >= 4 is 18.1 Å². The van der Waals surface area contributed by atoms with Crippen molar-refractivity contribution in [2.24, 2.45) is 10.5 Å². The fourth-order valence-electron chi connectivity index (χ4n) is 1.60. The summed E-state index contributed by atoms with van der Waals surface area (Å²) in [6.07, 6.45) is 2.95. The molecule has 0 radical (unpaired) electrons. The van der Waals surface area contributed by atoms with Crippen LogP contribution in [0, 0.1) is 5.41 Å². The minimum absolute atomic E-state index is 0.118. The van der Waals surface area contributed by atoms with Gasteiger partial charge in [-0.3, -0.25) is 5.01 Å². The second-order valence-electron chi connectivity index (χ2n) is 4.48. The third-order valence-corrected chi connectivity index (χ3v) is 2.33. The molecular weight excluding hydrogens is 186 g/mol. The highest BCUT2D eigenvalue weighted by Crippen LogP contribution is 2.31. The number of rotatable bonds is 2. The predicted molar refractivity (Wildman–Crippen MR) is 56.4 cm³/mol. The van der Waals surface area contributed by atoms with Gasteiger partial charge in [0.2, 0.25) is 0 Å². The highest BCUT2D eigenvalue weighted by molar-refractivity contribution is 6.19. The Morgan fingerprint density at radius 3 is 2.54 bits per heavy atom. The van der Waals surface area contributed by atoms with Crippen LogP contribution in [0.4, 0.5) is 0 Å². The van der Waals surface area contributed by atoms with Gasteiger partial charge in [-0.25, -0.2) is 4.42 Å². The molecule has 1 aliphatic rings. The van der Waals surface area contributed by atoms with Gasteiger partial charge < -0.3 is 0 Å². The molecule has 0 amide bonds. The smallest absolute Gasteiger partial charge is 0.139 e. The Bertz CT molecular complexity index is 198. The quantitative estimate of drug-likeness (QED) is 0.643. The maximum Gasteiger partial charge on any atom is 0.139 e. The second-order valence-corrected chi connectivity index (χ2v) is 4.87. The van der Waals surface area contributed by atoms with E-state index in [0.29, 0.717) is 0 Å². The summed E-state index contributed by atoms with van der Waals surface area (Å²) in [4.78, 5) is 0. The van der Waals surface area contributed by atoms with Crippen molar-refractivity contribution in [1.82, 2.24) is 9.43 Å². The first kappa shape index (κ1) is 10.6. The normalized spacial score (nSPS) is 23.0. The number of hydrogen-bond acceptors (Lipinski definition) is 3. The molecule has 1 heterocycles. The summed E-state index contributed by atoms with van der Waals surface area (Å²) in [6, 6.07) is 0. The van der Waals surface area contributed by atoms with Gasteiger partial charge in [-0.05, 0) is 6.42 Å². The molecule has 0 fully saturated rings. The van der Waals surface area contributed by atoms with Crippen molar-refractivity contribution in [3.05, 3.63) is 0 Å².